The minimum atomic E-state index is -0.401. The van der Waals surface area contributed by atoms with Gasteiger partial charge in [-0.2, -0.15) is 0 Å². The van der Waals surface area contributed by atoms with Gasteiger partial charge in [-0.1, -0.05) is 6.07 Å². The van der Waals surface area contributed by atoms with Crippen LogP contribution in [0.5, 0.6) is 0 Å². The summed E-state index contributed by atoms with van der Waals surface area (Å²) >= 11 is 0. The fourth-order valence-corrected chi connectivity index (χ4v) is 0.875. The van der Waals surface area contributed by atoms with Crippen molar-refractivity contribution in [3.8, 4) is 0 Å². The monoisotopic (exact) mass is 169 g/mol. The number of halogens is 1. The number of para-hydroxylation sites is 1. The first-order valence-electron chi connectivity index (χ1n) is 3.59. The van der Waals surface area contributed by atoms with Crippen LogP contribution in [0.15, 0.2) is 18.2 Å². The summed E-state index contributed by atoms with van der Waals surface area (Å²) in [4.78, 5) is 0. The zero-order valence-corrected chi connectivity index (χ0v) is 7.13. The van der Waals surface area contributed by atoms with Gasteiger partial charge in [0.05, 0.1) is 11.4 Å². The Morgan fingerprint density at radius 2 is 2.08 bits per heavy atom. The van der Waals surface area contributed by atoms with Crippen LogP contribution in [0.3, 0.4) is 0 Å². The highest BCUT2D eigenvalue weighted by molar-refractivity contribution is 5.65. The van der Waals surface area contributed by atoms with Crippen molar-refractivity contribution in [1.82, 2.24) is 5.01 Å². The molecule has 0 radical (unpaired) electrons. The minimum Gasteiger partial charge on any atom is -0.395 e. The molecular weight excluding hydrogens is 157 g/mol. The number of anilines is 2. The van der Waals surface area contributed by atoms with Crippen LogP contribution in [0, 0.1) is 5.82 Å². The predicted molar refractivity (Wildman–Crippen MR) is 48.1 cm³/mol. The molecule has 12 heavy (non-hydrogen) atoms. The van der Waals surface area contributed by atoms with E-state index in [2.05, 4.69) is 5.43 Å². The molecule has 0 amide bonds. The van der Waals surface area contributed by atoms with Crippen molar-refractivity contribution in [2.75, 3.05) is 25.3 Å². The van der Waals surface area contributed by atoms with E-state index in [1.54, 1.807) is 17.1 Å². The smallest absolute Gasteiger partial charge is 0.148 e. The molecule has 0 aliphatic rings. The normalized spacial score (nSPS) is 10.3. The Kier molecular flexibility index (Phi) is 2.50. The average molecular weight is 169 g/mol. The molecule has 1 aromatic carbocycles. The van der Waals surface area contributed by atoms with E-state index in [1.807, 2.05) is 14.1 Å². The Labute approximate surface area is 70.9 Å². The van der Waals surface area contributed by atoms with Gasteiger partial charge in [-0.25, -0.2) is 9.40 Å². The van der Waals surface area contributed by atoms with Gasteiger partial charge in [0, 0.05) is 14.1 Å². The fourth-order valence-electron chi connectivity index (χ4n) is 0.875. The molecule has 0 saturated carbocycles. The van der Waals surface area contributed by atoms with Gasteiger partial charge in [0.2, 0.25) is 0 Å². The third-order valence-corrected chi connectivity index (χ3v) is 1.40. The molecule has 0 aliphatic heterocycles. The fraction of sp³-hybridized carbons (Fsp3) is 0.250. The van der Waals surface area contributed by atoms with Crippen LogP contribution in [-0.4, -0.2) is 19.1 Å². The maximum absolute atomic E-state index is 12.8. The molecule has 0 spiro atoms. The highest BCUT2D eigenvalue weighted by Crippen LogP contribution is 2.20. The van der Waals surface area contributed by atoms with Gasteiger partial charge in [0.1, 0.15) is 5.82 Å². The molecule has 3 nitrogen and oxygen atoms in total. The molecular formula is C8H12FN3. The molecule has 66 valence electrons. The van der Waals surface area contributed by atoms with E-state index in [9.17, 15) is 4.39 Å². The highest BCUT2D eigenvalue weighted by atomic mass is 19.1. The van der Waals surface area contributed by atoms with Gasteiger partial charge in [0.15, 0.2) is 0 Å². The second-order valence-corrected chi connectivity index (χ2v) is 2.71. The predicted octanol–water partition coefficient (Wildman–Crippen LogP) is 1.30. The largest absolute Gasteiger partial charge is 0.395 e. The summed E-state index contributed by atoms with van der Waals surface area (Å²) in [6, 6.07) is 4.66. The molecule has 1 rings (SSSR count). The lowest BCUT2D eigenvalue weighted by Gasteiger charge is -2.15. The second-order valence-electron chi connectivity index (χ2n) is 2.71. The number of nitrogens with two attached hydrogens (primary N) is 1. The topological polar surface area (TPSA) is 41.3 Å². The number of hydrogen-bond acceptors (Lipinski definition) is 3. The summed E-state index contributed by atoms with van der Waals surface area (Å²) in [5, 5.41) is 1.70. The van der Waals surface area contributed by atoms with Gasteiger partial charge < -0.3 is 11.2 Å². The van der Waals surface area contributed by atoms with E-state index in [0.717, 1.165) is 0 Å². The first kappa shape index (κ1) is 8.80. The highest BCUT2D eigenvalue weighted by Gasteiger charge is 2.03. The molecule has 0 fully saturated rings. The van der Waals surface area contributed by atoms with Gasteiger partial charge in [-0.15, -0.1) is 0 Å². The average Bonchev–Trinajstić information content (AvgIpc) is 1.98. The standard InChI is InChI=1S/C8H12FN3/c1-12(2)11-7-5-3-4-6(9)8(7)10/h3-5,11H,10H2,1-2H3. The van der Waals surface area contributed by atoms with Gasteiger partial charge in [-0.3, -0.25) is 0 Å². The number of nitrogens with one attached hydrogen (secondary N) is 1. The summed E-state index contributed by atoms with van der Waals surface area (Å²) in [6.45, 7) is 0. The zero-order chi connectivity index (χ0) is 9.14. The number of benzene rings is 1. The quantitative estimate of drug-likeness (QED) is 0.518. The molecule has 0 unspecified atom stereocenters. The molecule has 0 aromatic heterocycles. The number of rotatable bonds is 2. The van der Waals surface area contributed by atoms with Crippen LogP contribution >= 0.6 is 0 Å². The van der Waals surface area contributed by atoms with Crippen LogP contribution in [0.2, 0.25) is 0 Å². The van der Waals surface area contributed by atoms with E-state index >= 15 is 0 Å². The number of hydrazine groups is 1. The Morgan fingerprint density at radius 1 is 1.42 bits per heavy atom. The molecule has 4 heteroatoms. The summed E-state index contributed by atoms with van der Waals surface area (Å²) in [6.07, 6.45) is 0. The number of nitrogens with zero attached hydrogens (tertiary/aromatic N) is 1. The lowest BCUT2D eigenvalue weighted by atomic mass is 10.2. The SMILES string of the molecule is CN(C)Nc1cccc(F)c1N. The van der Waals surface area contributed by atoms with E-state index in [4.69, 9.17) is 5.73 Å². The number of hydrogen-bond donors (Lipinski definition) is 2. The van der Waals surface area contributed by atoms with Gasteiger partial charge in [-0.05, 0) is 12.1 Å². The Hall–Kier alpha value is -1.29. The maximum atomic E-state index is 12.8. The zero-order valence-electron chi connectivity index (χ0n) is 7.13. The Morgan fingerprint density at radius 3 is 2.67 bits per heavy atom. The Balaban J connectivity index is 2.92. The third-order valence-electron chi connectivity index (χ3n) is 1.40. The molecule has 0 aliphatic carbocycles. The summed E-state index contributed by atoms with van der Waals surface area (Å²) < 4.78 is 12.8. The van der Waals surface area contributed by atoms with Crippen molar-refractivity contribution < 1.29 is 4.39 Å². The third kappa shape index (κ3) is 1.85. The van der Waals surface area contributed by atoms with Crippen molar-refractivity contribution in [2.24, 2.45) is 0 Å². The minimum absolute atomic E-state index is 0.145. The first-order chi connectivity index (χ1) is 5.61. The van der Waals surface area contributed by atoms with Crippen LogP contribution in [-0.2, 0) is 0 Å². The van der Waals surface area contributed by atoms with Crippen LogP contribution in [0.1, 0.15) is 0 Å². The van der Waals surface area contributed by atoms with E-state index < -0.39 is 5.82 Å². The van der Waals surface area contributed by atoms with Gasteiger partial charge >= 0.3 is 0 Å². The molecule has 0 atom stereocenters. The molecule has 0 saturated heterocycles. The van der Waals surface area contributed by atoms with Crippen molar-refractivity contribution in [2.45, 2.75) is 0 Å². The lowest BCUT2D eigenvalue weighted by Crippen LogP contribution is -2.20. The summed E-state index contributed by atoms with van der Waals surface area (Å²) in [5.74, 6) is -0.401. The number of nitrogen functional groups attached to an aromatic ring is 1. The second kappa shape index (κ2) is 3.40. The van der Waals surface area contributed by atoms with Crippen molar-refractivity contribution in [3.05, 3.63) is 24.0 Å². The molecule has 1 aromatic rings. The molecule has 0 bridgehead atoms. The first-order valence-corrected chi connectivity index (χ1v) is 3.59. The molecule has 0 heterocycles. The Bertz CT molecular complexity index is 273. The molecule has 3 N–H and O–H groups in total. The maximum Gasteiger partial charge on any atom is 0.148 e. The summed E-state index contributed by atoms with van der Waals surface area (Å²) in [5.41, 5.74) is 9.08. The van der Waals surface area contributed by atoms with E-state index in [1.165, 1.54) is 6.07 Å². The van der Waals surface area contributed by atoms with E-state index in [0.29, 0.717) is 5.69 Å². The van der Waals surface area contributed by atoms with Crippen LogP contribution < -0.4 is 11.2 Å². The van der Waals surface area contributed by atoms with Crippen molar-refractivity contribution >= 4 is 11.4 Å². The summed E-state index contributed by atoms with van der Waals surface area (Å²) in [7, 11) is 3.62. The van der Waals surface area contributed by atoms with Crippen molar-refractivity contribution in [1.29, 1.82) is 0 Å². The van der Waals surface area contributed by atoms with Crippen LogP contribution in [0.25, 0.3) is 0 Å². The lowest BCUT2D eigenvalue weighted by molar-refractivity contribution is 0.495. The van der Waals surface area contributed by atoms with Crippen molar-refractivity contribution in [3.63, 3.8) is 0 Å². The van der Waals surface area contributed by atoms with E-state index in [-0.39, 0.29) is 5.69 Å². The van der Waals surface area contributed by atoms with Crippen LogP contribution in [0.4, 0.5) is 15.8 Å². The van der Waals surface area contributed by atoms with Gasteiger partial charge in [0.25, 0.3) is 0 Å².